The van der Waals surface area contributed by atoms with E-state index in [1.807, 2.05) is 6.33 Å². The summed E-state index contributed by atoms with van der Waals surface area (Å²) in [6.07, 6.45) is 5.13. The van der Waals surface area contributed by atoms with Gasteiger partial charge in [-0.25, -0.2) is 4.98 Å². The maximum atomic E-state index is 9.19. The zero-order chi connectivity index (χ0) is 14.1. The van der Waals surface area contributed by atoms with Crippen LogP contribution in [0.1, 0.15) is 30.4 Å². The molecule has 2 aromatic rings. The zero-order valence-electron chi connectivity index (χ0n) is 12.1. The van der Waals surface area contributed by atoms with E-state index >= 15 is 0 Å². The number of imidazole rings is 1. The Morgan fingerprint density at radius 1 is 1.40 bits per heavy atom. The standard InChI is InChI=1S/C16H20N4/c1-11-7-15-16(8-12(11)2)20(10-18-15)6-5-14(9-17)19-13-3-4-13/h7-8,10,13-14,19H,3-6H2,1-2H3. The Bertz CT molecular complexity index is 661. The minimum absolute atomic E-state index is 0.0495. The van der Waals surface area contributed by atoms with Gasteiger partial charge in [0.15, 0.2) is 0 Å². The van der Waals surface area contributed by atoms with Crippen LogP contribution in [0.5, 0.6) is 0 Å². The predicted octanol–water partition coefficient (Wildman–Crippen LogP) is 2.69. The van der Waals surface area contributed by atoms with Crippen LogP contribution < -0.4 is 5.32 Å². The fraction of sp³-hybridized carbons (Fsp3) is 0.500. The third-order valence-corrected chi connectivity index (χ3v) is 4.07. The zero-order valence-corrected chi connectivity index (χ0v) is 12.1. The van der Waals surface area contributed by atoms with E-state index in [-0.39, 0.29) is 6.04 Å². The van der Waals surface area contributed by atoms with E-state index in [0.717, 1.165) is 24.0 Å². The van der Waals surface area contributed by atoms with Crippen molar-refractivity contribution in [1.82, 2.24) is 14.9 Å². The molecule has 104 valence electrons. The highest BCUT2D eigenvalue weighted by Gasteiger charge is 2.24. The molecular formula is C16H20N4. The molecule has 1 unspecified atom stereocenters. The van der Waals surface area contributed by atoms with Crippen molar-refractivity contribution in [3.8, 4) is 6.07 Å². The first-order chi connectivity index (χ1) is 9.67. The number of hydrogen-bond donors (Lipinski definition) is 1. The van der Waals surface area contributed by atoms with Gasteiger partial charge in [0.2, 0.25) is 0 Å². The average Bonchev–Trinajstić information content (AvgIpc) is 3.18. The second-order valence-corrected chi connectivity index (χ2v) is 5.77. The highest BCUT2D eigenvalue weighted by Crippen LogP contribution is 2.21. The summed E-state index contributed by atoms with van der Waals surface area (Å²) in [5.74, 6) is 0. The quantitative estimate of drug-likeness (QED) is 0.907. The number of nitrogens with one attached hydrogen (secondary N) is 1. The number of nitrogens with zero attached hydrogens (tertiary/aromatic N) is 3. The lowest BCUT2D eigenvalue weighted by molar-refractivity contribution is 0.519. The van der Waals surface area contributed by atoms with Gasteiger partial charge in [-0.3, -0.25) is 5.32 Å². The second kappa shape index (κ2) is 5.26. The highest BCUT2D eigenvalue weighted by molar-refractivity contribution is 5.77. The third-order valence-electron chi connectivity index (χ3n) is 4.07. The number of benzene rings is 1. The molecule has 1 aliphatic carbocycles. The lowest BCUT2D eigenvalue weighted by Crippen LogP contribution is -2.30. The van der Waals surface area contributed by atoms with Gasteiger partial charge in [-0.1, -0.05) is 0 Å². The molecule has 1 aromatic heterocycles. The van der Waals surface area contributed by atoms with Gasteiger partial charge in [0.25, 0.3) is 0 Å². The van der Waals surface area contributed by atoms with Crippen LogP contribution in [-0.2, 0) is 6.54 Å². The molecule has 0 saturated heterocycles. The van der Waals surface area contributed by atoms with Gasteiger partial charge in [0, 0.05) is 12.6 Å². The molecule has 0 bridgehead atoms. The summed E-state index contributed by atoms with van der Waals surface area (Å²) < 4.78 is 2.15. The Balaban J connectivity index is 1.73. The predicted molar refractivity (Wildman–Crippen MR) is 79.4 cm³/mol. The lowest BCUT2D eigenvalue weighted by atomic mass is 10.1. The van der Waals surface area contributed by atoms with Gasteiger partial charge in [-0.05, 0) is 56.4 Å². The molecular weight excluding hydrogens is 248 g/mol. The molecule has 0 amide bonds. The normalized spacial score (nSPS) is 16.2. The smallest absolute Gasteiger partial charge is 0.0972 e. The van der Waals surface area contributed by atoms with Crippen LogP contribution >= 0.6 is 0 Å². The van der Waals surface area contributed by atoms with Crippen molar-refractivity contribution >= 4 is 11.0 Å². The largest absolute Gasteiger partial charge is 0.330 e. The molecule has 0 spiro atoms. The first-order valence-electron chi connectivity index (χ1n) is 7.25. The molecule has 1 heterocycles. The molecule has 1 N–H and O–H groups in total. The second-order valence-electron chi connectivity index (χ2n) is 5.77. The van der Waals surface area contributed by atoms with E-state index in [0.29, 0.717) is 6.04 Å². The van der Waals surface area contributed by atoms with Crippen LogP contribution in [0.3, 0.4) is 0 Å². The van der Waals surface area contributed by atoms with Crippen molar-refractivity contribution in [1.29, 1.82) is 5.26 Å². The molecule has 1 aliphatic rings. The Morgan fingerprint density at radius 2 is 2.15 bits per heavy atom. The molecule has 4 heteroatoms. The van der Waals surface area contributed by atoms with Gasteiger partial charge < -0.3 is 4.57 Å². The van der Waals surface area contributed by atoms with Crippen molar-refractivity contribution in [2.75, 3.05) is 0 Å². The Kier molecular flexibility index (Phi) is 3.45. The van der Waals surface area contributed by atoms with Crippen LogP contribution in [0.4, 0.5) is 0 Å². The summed E-state index contributed by atoms with van der Waals surface area (Å²) in [5, 5.41) is 12.6. The summed E-state index contributed by atoms with van der Waals surface area (Å²) in [6.45, 7) is 5.06. The number of aryl methyl sites for hydroxylation is 3. The van der Waals surface area contributed by atoms with Crippen LogP contribution in [0, 0.1) is 25.2 Å². The Morgan fingerprint density at radius 3 is 2.85 bits per heavy atom. The van der Waals surface area contributed by atoms with E-state index < -0.39 is 0 Å². The van der Waals surface area contributed by atoms with E-state index in [4.69, 9.17) is 0 Å². The molecule has 1 atom stereocenters. The monoisotopic (exact) mass is 268 g/mol. The summed E-state index contributed by atoms with van der Waals surface area (Å²) in [5.41, 5.74) is 4.76. The molecule has 0 aliphatic heterocycles. The van der Waals surface area contributed by atoms with Crippen LogP contribution in [-0.4, -0.2) is 21.6 Å². The molecule has 1 fully saturated rings. The van der Waals surface area contributed by atoms with Gasteiger partial charge in [-0.2, -0.15) is 5.26 Å². The van der Waals surface area contributed by atoms with Crippen LogP contribution in [0.15, 0.2) is 18.5 Å². The van der Waals surface area contributed by atoms with Crippen LogP contribution in [0.2, 0.25) is 0 Å². The summed E-state index contributed by atoms with van der Waals surface area (Å²) in [6, 6.07) is 7.20. The number of fused-ring (bicyclic) bond motifs is 1. The summed E-state index contributed by atoms with van der Waals surface area (Å²) >= 11 is 0. The molecule has 3 rings (SSSR count). The molecule has 20 heavy (non-hydrogen) atoms. The van der Waals surface area contributed by atoms with Crippen molar-refractivity contribution in [2.45, 2.75) is 51.7 Å². The number of nitriles is 1. The van der Waals surface area contributed by atoms with Crippen molar-refractivity contribution in [3.63, 3.8) is 0 Å². The van der Waals surface area contributed by atoms with Gasteiger partial charge in [0.1, 0.15) is 0 Å². The maximum Gasteiger partial charge on any atom is 0.0972 e. The minimum atomic E-state index is -0.0495. The maximum absolute atomic E-state index is 9.19. The third kappa shape index (κ3) is 2.68. The van der Waals surface area contributed by atoms with Gasteiger partial charge in [-0.15, -0.1) is 0 Å². The van der Waals surface area contributed by atoms with Gasteiger partial charge >= 0.3 is 0 Å². The first kappa shape index (κ1) is 13.1. The van der Waals surface area contributed by atoms with E-state index in [1.165, 1.54) is 24.0 Å². The SMILES string of the molecule is Cc1cc2ncn(CCC(C#N)NC3CC3)c2cc1C. The first-order valence-corrected chi connectivity index (χ1v) is 7.25. The van der Waals surface area contributed by atoms with Crippen molar-refractivity contribution < 1.29 is 0 Å². The van der Waals surface area contributed by atoms with E-state index in [9.17, 15) is 5.26 Å². The molecule has 4 nitrogen and oxygen atoms in total. The fourth-order valence-corrected chi connectivity index (χ4v) is 2.48. The van der Waals surface area contributed by atoms with Crippen LogP contribution in [0.25, 0.3) is 11.0 Å². The van der Waals surface area contributed by atoms with Crippen molar-refractivity contribution in [2.24, 2.45) is 0 Å². The average molecular weight is 268 g/mol. The minimum Gasteiger partial charge on any atom is -0.330 e. The molecule has 0 radical (unpaired) electrons. The molecule has 1 aromatic carbocycles. The highest BCUT2D eigenvalue weighted by atomic mass is 15.1. The van der Waals surface area contributed by atoms with Gasteiger partial charge in [0.05, 0.1) is 29.5 Å². The van der Waals surface area contributed by atoms with E-state index in [1.54, 1.807) is 0 Å². The fourth-order valence-electron chi connectivity index (χ4n) is 2.48. The van der Waals surface area contributed by atoms with Crippen molar-refractivity contribution in [3.05, 3.63) is 29.6 Å². The number of aromatic nitrogens is 2. The summed E-state index contributed by atoms with van der Waals surface area (Å²) in [7, 11) is 0. The summed E-state index contributed by atoms with van der Waals surface area (Å²) in [4.78, 5) is 4.46. The Labute approximate surface area is 119 Å². The topological polar surface area (TPSA) is 53.6 Å². The Hall–Kier alpha value is -1.86. The number of rotatable bonds is 5. The lowest BCUT2D eigenvalue weighted by Gasteiger charge is -2.11. The number of hydrogen-bond acceptors (Lipinski definition) is 3. The molecule has 1 saturated carbocycles. The van der Waals surface area contributed by atoms with E-state index in [2.05, 4.69) is 46.9 Å².